The first-order chi connectivity index (χ1) is 9.04. The summed E-state index contributed by atoms with van der Waals surface area (Å²) in [5.41, 5.74) is 0.580. The first-order valence-electron chi connectivity index (χ1n) is 5.74. The number of hydrogen-bond donors (Lipinski definition) is 3. The maximum atomic E-state index is 11.8. The molecule has 0 saturated carbocycles. The number of nitrogens with one attached hydrogen (secondary N) is 2. The van der Waals surface area contributed by atoms with Gasteiger partial charge in [-0.3, -0.25) is 0 Å². The lowest BCUT2D eigenvalue weighted by atomic mass is 10.2. The fourth-order valence-corrected chi connectivity index (χ4v) is 3.43. The Morgan fingerprint density at radius 2 is 2.16 bits per heavy atom. The van der Waals surface area contributed by atoms with Crippen molar-refractivity contribution in [3.63, 3.8) is 0 Å². The number of amides is 2. The third-order valence-corrected chi connectivity index (χ3v) is 4.29. The first kappa shape index (κ1) is 14.2. The molecule has 1 atom stereocenters. The van der Waals surface area contributed by atoms with E-state index in [4.69, 9.17) is 5.11 Å². The van der Waals surface area contributed by atoms with Gasteiger partial charge in [0, 0.05) is 22.0 Å². The van der Waals surface area contributed by atoms with Gasteiger partial charge in [0.15, 0.2) is 0 Å². The lowest BCUT2D eigenvalue weighted by Gasteiger charge is -2.13. The van der Waals surface area contributed by atoms with Gasteiger partial charge in [0.1, 0.15) is 0 Å². The Morgan fingerprint density at radius 1 is 1.37 bits per heavy atom. The van der Waals surface area contributed by atoms with Crippen LogP contribution < -0.4 is 10.6 Å². The minimum absolute atomic E-state index is 0.126. The molecule has 1 aromatic rings. The molecule has 7 heteroatoms. The van der Waals surface area contributed by atoms with Crippen LogP contribution in [0.15, 0.2) is 22.7 Å². The predicted octanol–water partition coefficient (Wildman–Crippen LogP) is 2.77. The number of carboxylic acid groups (broad SMARTS) is 1. The summed E-state index contributed by atoms with van der Waals surface area (Å²) in [5, 5.41) is 14.5. The van der Waals surface area contributed by atoms with Gasteiger partial charge in [0.2, 0.25) is 0 Å². The minimum atomic E-state index is -1.03. The van der Waals surface area contributed by atoms with Gasteiger partial charge in [-0.05, 0) is 30.4 Å². The van der Waals surface area contributed by atoms with E-state index in [0.717, 1.165) is 17.9 Å². The maximum Gasteiger partial charge on any atom is 0.335 e. The molecule has 0 spiro atoms. The van der Waals surface area contributed by atoms with Crippen LogP contribution in [0.25, 0.3) is 0 Å². The van der Waals surface area contributed by atoms with Crippen LogP contribution in [0.5, 0.6) is 0 Å². The lowest BCUT2D eigenvalue weighted by Crippen LogP contribution is -2.37. The highest BCUT2D eigenvalue weighted by Crippen LogP contribution is 2.20. The van der Waals surface area contributed by atoms with Crippen molar-refractivity contribution in [1.82, 2.24) is 5.32 Å². The van der Waals surface area contributed by atoms with Crippen LogP contribution in [0.3, 0.4) is 0 Å². The second kappa shape index (κ2) is 6.29. The summed E-state index contributed by atoms with van der Waals surface area (Å²) in [7, 11) is 0. The van der Waals surface area contributed by atoms with E-state index in [2.05, 4.69) is 26.6 Å². The Labute approximate surface area is 123 Å². The summed E-state index contributed by atoms with van der Waals surface area (Å²) in [6, 6.07) is 4.46. The fraction of sp³-hybridized carbons (Fsp3) is 0.333. The molecule has 1 aliphatic rings. The number of rotatable bonds is 3. The normalized spacial score (nSPS) is 18.1. The number of halogens is 1. The van der Waals surface area contributed by atoms with E-state index in [1.54, 1.807) is 6.07 Å². The van der Waals surface area contributed by atoms with Crippen molar-refractivity contribution in [3.8, 4) is 0 Å². The molecule has 2 amide bonds. The molecular formula is C12H13BrN2O3S. The molecule has 0 aliphatic carbocycles. The van der Waals surface area contributed by atoms with Crippen LogP contribution in [0.1, 0.15) is 16.8 Å². The van der Waals surface area contributed by atoms with Crippen molar-refractivity contribution in [3.05, 3.63) is 28.2 Å². The number of benzene rings is 1. The average Bonchev–Trinajstić information content (AvgIpc) is 2.80. The van der Waals surface area contributed by atoms with Crippen molar-refractivity contribution >= 4 is 45.4 Å². The molecule has 1 fully saturated rings. The van der Waals surface area contributed by atoms with E-state index in [0.29, 0.717) is 10.2 Å². The van der Waals surface area contributed by atoms with Crippen molar-refractivity contribution in [2.45, 2.75) is 12.5 Å². The molecule has 1 aromatic carbocycles. The van der Waals surface area contributed by atoms with Crippen LogP contribution in [-0.2, 0) is 0 Å². The van der Waals surface area contributed by atoms with Crippen molar-refractivity contribution in [1.29, 1.82) is 0 Å². The molecule has 5 nitrogen and oxygen atoms in total. The summed E-state index contributed by atoms with van der Waals surface area (Å²) in [6.07, 6.45) is 0.969. The average molecular weight is 345 g/mol. The molecule has 0 radical (unpaired) electrons. The number of carbonyl (C=O) groups is 2. The second-order valence-electron chi connectivity index (χ2n) is 4.19. The monoisotopic (exact) mass is 344 g/mol. The molecule has 1 saturated heterocycles. The molecule has 2 rings (SSSR count). The van der Waals surface area contributed by atoms with Gasteiger partial charge in [-0.2, -0.15) is 11.8 Å². The van der Waals surface area contributed by atoms with Crippen molar-refractivity contribution in [2.24, 2.45) is 0 Å². The number of carbonyl (C=O) groups excluding carboxylic acids is 1. The quantitative estimate of drug-likeness (QED) is 0.787. The van der Waals surface area contributed by atoms with E-state index in [-0.39, 0.29) is 17.6 Å². The van der Waals surface area contributed by atoms with Gasteiger partial charge >= 0.3 is 12.0 Å². The number of aromatic carboxylic acids is 1. The summed E-state index contributed by atoms with van der Waals surface area (Å²) < 4.78 is 0.610. The van der Waals surface area contributed by atoms with Gasteiger partial charge < -0.3 is 15.7 Å². The topological polar surface area (TPSA) is 78.4 Å². The lowest BCUT2D eigenvalue weighted by molar-refractivity contribution is 0.0697. The highest BCUT2D eigenvalue weighted by Gasteiger charge is 2.17. The highest BCUT2D eigenvalue weighted by molar-refractivity contribution is 9.10. The van der Waals surface area contributed by atoms with E-state index < -0.39 is 5.97 Å². The zero-order valence-electron chi connectivity index (χ0n) is 9.98. The SMILES string of the molecule is O=C(Nc1cc(Br)cc(C(=O)O)c1)NC1CCSC1. The Morgan fingerprint density at radius 3 is 2.79 bits per heavy atom. The van der Waals surface area contributed by atoms with E-state index in [1.807, 2.05) is 11.8 Å². The van der Waals surface area contributed by atoms with Crippen LogP contribution in [-0.4, -0.2) is 34.7 Å². The minimum Gasteiger partial charge on any atom is -0.478 e. The van der Waals surface area contributed by atoms with E-state index >= 15 is 0 Å². The molecule has 0 bridgehead atoms. The zero-order valence-corrected chi connectivity index (χ0v) is 12.4. The van der Waals surface area contributed by atoms with Crippen LogP contribution in [0.2, 0.25) is 0 Å². The van der Waals surface area contributed by atoms with Gasteiger partial charge in [-0.1, -0.05) is 15.9 Å². The number of hydrogen-bond acceptors (Lipinski definition) is 3. The standard InChI is InChI=1S/C12H13BrN2O3S/c13-8-3-7(11(16)17)4-10(5-8)15-12(18)14-9-1-2-19-6-9/h3-5,9H,1-2,6H2,(H,16,17)(H2,14,15,18). The molecule has 102 valence electrons. The Bertz CT molecular complexity index is 504. The van der Waals surface area contributed by atoms with E-state index in [1.165, 1.54) is 12.1 Å². The zero-order chi connectivity index (χ0) is 13.8. The van der Waals surface area contributed by atoms with Gasteiger partial charge in [0.05, 0.1) is 5.56 Å². The summed E-state index contributed by atoms with van der Waals surface area (Å²) in [4.78, 5) is 22.7. The Balaban J connectivity index is 2.01. The van der Waals surface area contributed by atoms with Gasteiger partial charge in [-0.25, -0.2) is 9.59 Å². The summed E-state index contributed by atoms with van der Waals surface area (Å²) in [6.45, 7) is 0. The Hall–Kier alpha value is -1.21. The molecule has 0 aromatic heterocycles. The number of urea groups is 1. The van der Waals surface area contributed by atoms with Gasteiger partial charge in [-0.15, -0.1) is 0 Å². The van der Waals surface area contributed by atoms with Gasteiger partial charge in [0.25, 0.3) is 0 Å². The second-order valence-corrected chi connectivity index (χ2v) is 6.26. The molecule has 1 aliphatic heterocycles. The highest BCUT2D eigenvalue weighted by atomic mass is 79.9. The van der Waals surface area contributed by atoms with E-state index in [9.17, 15) is 9.59 Å². The Kier molecular flexibility index (Phi) is 4.71. The molecule has 1 heterocycles. The van der Waals surface area contributed by atoms with Crippen LogP contribution in [0.4, 0.5) is 10.5 Å². The third kappa shape index (κ3) is 4.14. The van der Waals surface area contributed by atoms with Crippen LogP contribution in [0, 0.1) is 0 Å². The summed E-state index contributed by atoms with van der Waals surface area (Å²) >= 11 is 5.03. The van der Waals surface area contributed by atoms with Crippen LogP contribution >= 0.6 is 27.7 Å². The first-order valence-corrected chi connectivity index (χ1v) is 7.68. The summed E-state index contributed by atoms with van der Waals surface area (Å²) in [5.74, 6) is 0.953. The molecule has 19 heavy (non-hydrogen) atoms. The number of thioether (sulfide) groups is 1. The molecule has 3 N–H and O–H groups in total. The third-order valence-electron chi connectivity index (χ3n) is 2.67. The number of carboxylic acids is 1. The molecular weight excluding hydrogens is 332 g/mol. The van der Waals surface area contributed by atoms with Crippen molar-refractivity contribution in [2.75, 3.05) is 16.8 Å². The maximum absolute atomic E-state index is 11.8. The number of anilines is 1. The predicted molar refractivity (Wildman–Crippen MR) is 79.0 cm³/mol. The van der Waals surface area contributed by atoms with Crippen molar-refractivity contribution < 1.29 is 14.7 Å². The smallest absolute Gasteiger partial charge is 0.335 e. The molecule has 1 unspecified atom stereocenters. The fourth-order valence-electron chi connectivity index (χ4n) is 1.79. The largest absolute Gasteiger partial charge is 0.478 e.